The van der Waals surface area contributed by atoms with Crippen LogP contribution in [-0.4, -0.2) is 18.3 Å². The molecule has 2 aromatic carbocycles. The number of benzene rings is 2. The van der Waals surface area contributed by atoms with E-state index in [0.29, 0.717) is 10.6 Å². The molecule has 124 valence electrons. The molecule has 23 heavy (non-hydrogen) atoms. The van der Waals surface area contributed by atoms with Crippen LogP contribution in [0.4, 0.5) is 13.2 Å². The van der Waals surface area contributed by atoms with Gasteiger partial charge in [-0.1, -0.05) is 29.8 Å². The predicted molar refractivity (Wildman–Crippen MR) is 81.2 cm³/mol. The minimum atomic E-state index is -3.07. The van der Waals surface area contributed by atoms with Gasteiger partial charge in [0.2, 0.25) is 0 Å². The Balaban J connectivity index is 2.01. The normalized spacial score (nSPS) is 12.4. The minimum Gasteiger partial charge on any atom is -0.432 e. The number of alkyl halides is 2. The van der Waals surface area contributed by atoms with E-state index in [4.69, 9.17) is 11.6 Å². The maximum Gasteiger partial charge on any atom is 0.387 e. The van der Waals surface area contributed by atoms with E-state index in [-0.39, 0.29) is 19.2 Å². The van der Waals surface area contributed by atoms with Gasteiger partial charge in [0.1, 0.15) is 0 Å². The lowest BCUT2D eigenvalue weighted by Crippen LogP contribution is -2.24. The molecule has 0 saturated heterocycles. The summed E-state index contributed by atoms with van der Waals surface area (Å²) < 4.78 is 41.8. The monoisotopic (exact) mass is 345 g/mol. The third-order valence-corrected chi connectivity index (χ3v) is 3.47. The molecule has 7 heteroatoms. The van der Waals surface area contributed by atoms with Gasteiger partial charge in [0.25, 0.3) is 0 Å². The minimum absolute atomic E-state index is 0.156. The third-order valence-electron chi connectivity index (χ3n) is 3.22. The van der Waals surface area contributed by atoms with E-state index < -0.39 is 18.2 Å². The quantitative estimate of drug-likeness (QED) is 0.799. The predicted octanol–water partition coefficient (Wildman–Crippen LogP) is 3.90. The van der Waals surface area contributed by atoms with E-state index in [0.717, 1.165) is 17.7 Å². The van der Waals surface area contributed by atoms with Gasteiger partial charge in [-0.2, -0.15) is 8.78 Å². The molecule has 0 bridgehead atoms. The van der Waals surface area contributed by atoms with Crippen LogP contribution in [0.1, 0.15) is 17.2 Å². The zero-order chi connectivity index (χ0) is 16.8. The number of ether oxygens (including phenoxy) is 1. The van der Waals surface area contributed by atoms with Crippen molar-refractivity contribution in [1.82, 2.24) is 5.32 Å². The van der Waals surface area contributed by atoms with E-state index in [1.54, 1.807) is 24.3 Å². The second-order valence-corrected chi connectivity index (χ2v) is 5.25. The van der Waals surface area contributed by atoms with Gasteiger partial charge >= 0.3 is 6.61 Å². The highest BCUT2D eigenvalue weighted by molar-refractivity contribution is 6.30. The van der Waals surface area contributed by atoms with Gasteiger partial charge in [0.05, 0.1) is 12.6 Å². The summed E-state index contributed by atoms with van der Waals surface area (Å²) in [5, 5.41) is 13.1. The Hall–Kier alpha value is -1.76. The van der Waals surface area contributed by atoms with Gasteiger partial charge in [0, 0.05) is 11.6 Å². The summed E-state index contributed by atoms with van der Waals surface area (Å²) >= 11 is 5.81. The average molecular weight is 346 g/mol. The second-order valence-electron chi connectivity index (χ2n) is 4.81. The molecule has 3 nitrogen and oxygen atoms in total. The Morgan fingerprint density at radius 3 is 2.39 bits per heavy atom. The molecule has 0 fully saturated rings. The molecule has 1 atom stereocenters. The maximum absolute atomic E-state index is 13.6. The summed E-state index contributed by atoms with van der Waals surface area (Å²) in [6, 6.07) is 10.3. The van der Waals surface area contributed by atoms with Gasteiger partial charge in [-0.3, -0.25) is 0 Å². The number of aliphatic hydroxyl groups excluding tert-OH is 1. The summed E-state index contributed by atoms with van der Waals surface area (Å²) in [6.45, 7) is -2.98. The zero-order valence-corrected chi connectivity index (χ0v) is 12.7. The molecule has 2 aromatic rings. The van der Waals surface area contributed by atoms with Crippen LogP contribution in [0.15, 0.2) is 42.5 Å². The van der Waals surface area contributed by atoms with E-state index in [1.165, 1.54) is 6.07 Å². The molecule has 1 unspecified atom stereocenters. The highest BCUT2D eigenvalue weighted by Crippen LogP contribution is 2.21. The van der Waals surface area contributed by atoms with Crippen LogP contribution in [0.2, 0.25) is 5.02 Å². The molecule has 0 amide bonds. The van der Waals surface area contributed by atoms with Crippen molar-refractivity contribution in [1.29, 1.82) is 0 Å². The standard InChI is InChI=1S/C16H15ClF3NO2/c17-12-4-2-11(3-5-12)14(9-22)21-8-10-1-6-15(13(18)7-10)23-16(19)20/h1-7,14,16,21-22H,8-9H2. The highest BCUT2D eigenvalue weighted by Gasteiger charge is 2.12. The van der Waals surface area contributed by atoms with Crippen molar-refractivity contribution < 1.29 is 23.0 Å². The van der Waals surface area contributed by atoms with Crippen LogP contribution in [0.25, 0.3) is 0 Å². The Kier molecular flexibility index (Phi) is 6.27. The molecule has 0 aliphatic rings. The van der Waals surface area contributed by atoms with Crippen LogP contribution >= 0.6 is 11.6 Å². The van der Waals surface area contributed by atoms with Crippen LogP contribution < -0.4 is 10.1 Å². The van der Waals surface area contributed by atoms with Crippen molar-refractivity contribution in [3.63, 3.8) is 0 Å². The zero-order valence-electron chi connectivity index (χ0n) is 12.0. The molecule has 2 N–H and O–H groups in total. The Morgan fingerprint density at radius 2 is 1.83 bits per heavy atom. The fourth-order valence-electron chi connectivity index (χ4n) is 2.07. The smallest absolute Gasteiger partial charge is 0.387 e. The molecule has 0 spiro atoms. The lowest BCUT2D eigenvalue weighted by Gasteiger charge is -2.17. The Bertz CT molecular complexity index is 638. The second kappa shape index (κ2) is 8.19. The van der Waals surface area contributed by atoms with E-state index in [2.05, 4.69) is 10.1 Å². The number of halogens is 4. The number of aliphatic hydroxyl groups is 1. The molecular weight excluding hydrogens is 331 g/mol. The highest BCUT2D eigenvalue weighted by atomic mass is 35.5. The topological polar surface area (TPSA) is 41.5 Å². The van der Waals surface area contributed by atoms with Gasteiger partial charge in [0.15, 0.2) is 11.6 Å². The molecule has 0 aliphatic carbocycles. The molecule has 2 rings (SSSR count). The fraction of sp³-hybridized carbons (Fsp3) is 0.250. The molecular formula is C16H15ClF3NO2. The summed E-state index contributed by atoms with van der Waals surface area (Å²) in [6.07, 6.45) is 0. The number of hydrogen-bond donors (Lipinski definition) is 2. The first kappa shape index (κ1) is 17.6. The van der Waals surface area contributed by atoms with Crippen LogP contribution in [0.5, 0.6) is 5.75 Å². The van der Waals surface area contributed by atoms with Crippen LogP contribution in [-0.2, 0) is 6.54 Å². The summed E-state index contributed by atoms with van der Waals surface area (Å²) in [4.78, 5) is 0. The van der Waals surface area contributed by atoms with Crippen molar-refractivity contribution in [3.05, 3.63) is 64.4 Å². The van der Waals surface area contributed by atoms with Crippen molar-refractivity contribution in [2.45, 2.75) is 19.2 Å². The van der Waals surface area contributed by atoms with Crippen molar-refractivity contribution in [2.75, 3.05) is 6.61 Å². The van der Waals surface area contributed by atoms with Crippen LogP contribution in [0, 0.1) is 5.82 Å². The SMILES string of the molecule is OCC(NCc1ccc(OC(F)F)c(F)c1)c1ccc(Cl)cc1. The summed E-state index contributed by atoms with van der Waals surface area (Å²) in [5.74, 6) is -1.36. The Morgan fingerprint density at radius 1 is 1.13 bits per heavy atom. The summed E-state index contributed by atoms with van der Waals surface area (Å²) in [7, 11) is 0. The van der Waals surface area contributed by atoms with Crippen molar-refractivity contribution in [3.8, 4) is 5.75 Å². The van der Waals surface area contributed by atoms with Gasteiger partial charge in [-0.05, 0) is 35.4 Å². The largest absolute Gasteiger partial charge is 0.432 e. The van der Waals surface area contributed by atoms with Gasteiger partial charge in [-0.15, -0.1) is 0 Å². The molecule has 0 radical (unpaired) electrons. The van der Waals surface area contributed by atoms with E-state index in [9.17, 15) is 18.3 Å². The van der Waals surface area contributed by atoms with Crippen molar-refractivity contribution >= 4 is 11.6 Å². The maximum atomic E-state index is 13.6. The van der Waals surface area contributed by atoms with Crippen LogP contribution in [0.3, 0.4) is 0 Å². The third kappa shape index (κ3) is 5.13. The first-order valence-electron chi connectivity index (χ1n) is 6.82. The number of hydrogen-bond acceptors (Lipinski definition) is 3. The van der Waals surface area contributed by atoms with Gasteiger partial charge in [-0.25, -0.2) is 4.39 Å². The molecule has 0 aliphatic heterocycles. The van der Waals surface area contributed by atoms with Crippen molar-refractivity contribution in [2.24, 2.45) is 0 Å². The Labute approximate surface area is 136 Å². The first-order chi connectivity index (χ1) is 11.0. The summed E-state index contributed by atoms with van der Waals surface area (Å²) in [5.41, 5.74) is 1.37. The molecule has 0 saturated carbocycles. The average Bonchev–Trinajstić information content (AvgIpc) is 2.51. The fourth-order valence-corrected chi connectivity index (χ4v) is 2.20. The first-order valence-corrected chi connectivity index (χ1v) is 7.20. The lowest BCUT2D eigenvalue weighted by molar-refractivity contribution is -0.0522. The van der Waals surface area contributed by atoms with Gasteiger partial charge < -0.3 is 15.2 Å². The lowest BCUT2D eigenvalue weighted by atomic mass is 10.1. The van der Waals surface area contributed by atoms with E-state index >= 15 is 0 Å². The number of nitrogens with one attached hydrogen (secondary N) is 1. The number of rotatable bonds is 7. The van der Waals surface area contributed by atoms with E-state index in [1.807, 2.05) is 0 Å². The molecule has 0 aromatic heterocycles. The molecule has 0 heterocycles.